The Morgan fingerprint density at radius 3 is 2.55 bits per heavy atom. The number of halogens is 3. The van der Waals surface area contributed by atoms with Gasteiger partial charge in [0.15, 0.2) is 0 Å². The monoisotopic (exact) mass is 529 g/mol. The molecule has 4 rings (SSSR count). The molecule has 0 bridgehead atoms. The molecule has 2 aliphatic rings. The van der Waals surface area contributed by atoms with Gasteiger partial charge in [-0.15, -0.1) is 0 Å². The van der Waals surface area contributed by atoms with E-state index in [2.05, 4.69) is 27.8 Å². The summed E-state index contributed by atoms with van der Waals surface area (Å²) in [6, 6.07) is 7.05. The number of piperidine rings is 1. The average Bonchev–Trinajstić information content (AvgIpc) is 3.20. The van der Waals surface area contributed by atoms with Crippen LogP contribution in [0.5, 0.6) is 0 Å². The number of amides is 2. The molecule has 3 heterocycles. The first kappa shape index (κ1) is 26.9. The minimum atomic E-state index is -4.42. The van der Waals surface area contributed by atoms with Gasteiger partial charge < -0.3 is 32.0 Å². The molecule has 1 fully saturated rings. The van der Waals surface area contributed by atoms with E-state index in [1.807, 2.05) is 11.0 Å². The Hall–Kier alpha value is -4.11. The Balaban J connectivity index is 1.51. The quantitative estimate of drug-likeness (QED) is 0.329. The van der Waals surface area contributed by atoms with Gasteiger partial charge in [0.2, 0.25) is 5.91 Å². The number of rotatable bonds is 8. The molecule has 2 amide bonds. The lowest BCUT2D eigenvalue weighted by molar-refractivity contribution is -0.140. The number of nitrogens with zero attached hydrogens (tertiary/aromatic N) is 2. The number of benzene rings is 1. The summed E-state index contributed by atoms with van der Waals surface area (Å²) in [5.74, 6) is 4.86. The van der Waals surface area contributed by atoms with Crippen LogP contribution in [-0.4, -0.2) is 66.2 Å². The van der Waals surface area contributed by atoms with E-state index in [4.69, 9.17) is 11.5 Å². The van der Waals surface area contributed by atoms with Gasteiger partial charge >= 0.3 is 6.18 Å². The molecule has 9 nitrogen and oxygen atoms in total. The van der Waals surface area contributed by atoms with Gasteiger partial charge in [-0.1, -0.05) is 12.0 Å². The molecular weight excluding hydrogens is 499 g/mol. The third kappa shape index (κ3) is 7.01. The summed E-state index contributed by atoms with van der Waals surface area (Å²) in [4.78, 5) is 24.4. The second-order valence-corrected chi connectivity index (χ2v) is 9.28. The first-order valence-electron chi connectivity index (χ1n) is 12.2. The smallest absolute Gasteiger partial charge is 0.382 e. The predicted molar refractivity (Wildman–Crippen MR) is 139 cm³/mol. The molecule has 2 aliphatic heterocycles. The lowest BCUT2D eigenvalue weighted by Gasteiger charge is -2.32. The van der Waals surface area contributed by atoms with Gasteiger partial charge in [0, 0.05) is 35.9 Å². The Morgan fingerprint density at radius 2 is 1.92 bits per heavy atom. The Bertz CT molecular complexity index is 1330. The number of aromatic nitrogens is 1. The Labute approximate surface area is 218 Å². The highest BCUT2D eigenvalue weighted by Gasteiger charge is 2.30. The number of fused-ring (bicyclic) bond motifs is 1. The van der Waals surface area contributed by atoms with E-state index in [0.29, 0.717) is 36.2 Å². The number of anilines is 1. The fourth-order valence-corrected chi connectivity index (χ4v) is 4.61. The zero-order chi connectivity index (χ0) is 27.3. The van der Waals surface area contributed by atoms with Crippen molar-refractivity contribution in [1.29, 1.82) is 0 Å². The minimum Gasteiger partial charge on any atom is -0.382 e. The van der Waals surface area contributed by atoms with Crippen molar-refractivity contribution in [3.8, 4) is 11.8 Å². The van der Waals surface area contributed by atoms with Crippen LogP contribution in [0.1, 0.15) is 18.5 Å². The van der Waals surface area contributed by atoms with E-state index in [-0.39, 0.29) is 30.7 Å². The van der Waals surface area contributed by atoms with Crippen molar-refractivity contribution in [2.75, 3.05) is 38.0 Å². The zero-order valence-corrected chi connectivity index (χ0v) is 20.7. The summed E-state index contributed by atoms with van der Waals surface area (Å²) in [5.41, 5.74) is 13.0. The minimum absolute atomic E-state index is 0.121. The zero-order valence-electron chi connectivity index (χ0n) is 20.7. The summed E-state index contributed by atoms with van der Waals surface area (Å²) in [6.07, 6.45) is 0.409. The predicted octanol–water partition coefficient (Wildman–Crippen LogP) is 1.36. The summed E-state index contributed by atoms with van der Waals surface area (Å²) < 4.78 is 41.6. The highest BCUT2D eigenvalue weighted by atomic mass is 19.4. The second kappa shape index (κ2) is 11.5. The largest absolute Gasteiger partial charge is 0.406 e. The van der Waals surface area contributed by atoms with Gasteiger partial charge in [0.25, 0.3) is 5.91 Å². The van der Waals surface area contributed by atoms with E-state index in [9.17, 15) is 22.8 Å². The number of alkyl halides is 3. The van der Waals surface area contributed by atoms with Crippen LogP contribution in [0.2, 0.25) is 0 Å². The van der Waals surface area contributed by atoms with Crippen LogP contribution in [0.3, 0.4) is 0 Å². The number of primary amides is 2. The molecule has 1 aromatic heterocycles. The SMILES string of the molecule is NC(=O)CN1CCC(Nc2cccc3c2cc(C#CCNC2=CC=C(C(N)=O)NC2)n3CC(F)(F)F)CC1. The average molecular weight is 530 g/mol. The molecule has 7 N–H and O–H groups in total. The lowest BCUT2D eigenvalue weighted by atomic mass is 10.0. The van der Waals surface area contributed by atoms with E-state index < -0.39 is 18.6 Å². The van der Waals surface area contributed by atoms with Crippen LogP contribution in [0.25, 0.3) is 10.9 Å². The number of likely N-dealkylation sites (tertiary alicyclic amines) is 1. The highest BCUT2D eigenvalue weighted by molar-refractivity contribution is 5.94. The van der Waals surface area contributed by atoms with Crippen molar-refractivity contribution in [3.05, 3.63) is 53.5 Å². The number of dihydropyridines is 1. The van der Waals surface area contributed by atoms with Gasteiger partial charge in [-0.25, -0.2) is 0 Å². The van der Waals surface area contributed by atoms with Crippen LogP contribution in [-0.2, 0) is 16.1 Å². The molecule has 0 radical (unpaired) electrons. The molecule has 2 aromatic rings. The van der Waals surface area contributed by atoms with Gasteiger partial charge in [0.1, 0.15) is 12.2 Å². The number of hydrogen-bond donors (Lipinski definition) is 5. The standard InChI is InChI=1S/C26H30F3N7O2/c27-26(28,29)16-36-19(3-2-10-32-18-6-7-22(25(31)38)33-14-18)13-20-21(4-1-5-23(20)36)34-17-8-11-35(12-9-17)15-24(30)37/h1,4-7,13,17,32-34H,8-12,14-16H2,(H2,30,37)(H2,31,38). The molecule has 0 unspecified atom stereocenters. The first-order valence-corrected chi connectivity index (χ1v) is 12.2. The third-order valence-corrected chi connectivity index (χ3v) is 6.42. The van der Waals surface area contributed by atoms with Crippen LogP contribution >= 0.6 is 0 Å². The highest BCUT2D eigenvalue weighted by Crippen LogP contribution is 2.31. The summed E-state index contributed by atoms with van der Waals surface area (Å²) in [6.45, 7) is 1.05. The van der Waals surface area contributed by atoms with Gasteiger partial charge in [-0.3, -0.25) is 14.5 Å². The maximum Gasteiger partial charge on any atom is 0.406 e. The molecule has 1 saturated heterocycles. The number of allylic oxidation sites excluding steroid dienone is 2. The molecule has 202 valence electrons. The van der Waals surface area contributed by atoms with E-state index in [1.165, 1.54) is 4.57 Å². The van der Waals surface area contributed by atoms with Crippen LogP contribution < -0.4 is 27.4 Å². The Kier molecular flexibility index (Phi) is 8.16. The van der Waals surface area contributed by atoms with Crippen LogP contribution in [0.15, 0.2) is 47.8 Å². The maximum absolute atomic E-state index is 13.5. The number of hydrogen-bond acceptors (Lipinski definition) is 6. The van der Waals surface area contributed by atoms with Crippen molar-refractivity contribution in [2.24, 2.45) is 11.5 Å². The molecule has 12 heteroatoms. The molecule has 0 aliphatic carbocycles. The number of nitrogens with one attached hydrogen (secondary N) is 3. The van der Waals surface area contributed by atoms with Crippen LogP contribution in [0, 0.1) is 11.8 Å². The second-order valence-electron chi connectivity index (χ2n) is 9.28. The fourth-order valence-electron chi connectivity index (χ4n) is 4.61. The van der Waals surface area contributed by atoms with Crippen molar-refractivity contribution < 1.29 is 22.8 Å². The molecule has 0 spiro atoms. The van der Waals surface area contributed by atoms with Crippen molar-refractivity contribution in [2.45, 2.75) is 31.6 Å². The molecule has 38 heavy (non-hydrogen) atoms. The summed E-state index contributed by atoms with van der Waals surface area (Å²) >= 11 is 0. The lowest BCUT2D eigenvalue weighted by Crippen LogP contribution is -2.42. The van der Waals surface area contributed by atoms with Crippen LogP contribution in [0.4, 0.5) is 18.9 Å². The number of nitrogens with two attached hydrogens (primary N) is 2. The third-order valence-electron chi connectivity index (χ3n) is 6.42. The molecular formula is C26H30F3N7O2. The maximum atomic E-state index is 13.5. The van der Waals surface area contributed by atoms with Gasteiger partial charge in [0.05, 0.1) is 30.8 Å². The Morgan fingerprint density at radius 1 is 1.16 bits per heavy atom. The first-order chi connectivity index (χ1) is 18.1. The number of carbonyl (C=O) groups excluding carboxylic acids is 2. The van der Waals surface area contributed by atoms with E-state index in [0.717, 1.165) is 24.2 Å². The molecule has 0 atom stereocenters. The fraction of sp³-hybridized carbons (Fsp3) is 0.385. The summed E-state index contributed by atoms with van der Waals surface area (Å²) in [7, 11) is 0. The van der Waals surface area contributed by atoms with Gasteiger partial charge in [-0.05, 0) is 49.1 Å². The van der Waals surface area contributed by atoms with E-state index in [1.54, 1.807) is 30.4 Å². The number of carbonyl (C=O) groups is 2. The van der Waals surface area contributed by atoms with Crippen molar-refractivity contribution >= 4 is 28.4 Å². The van der Waals surface area contributed by atoms with E-state index >= 15 is 0 Å². The van der Waals surface area contributed by atoms with Crippen molar-refractivity contribution in [1.82, 2.24) is 20.1 Å². The van der Waals surface area contributed by atoms with Crippen molar-refractivity contribution in [3.63, 3.8) is 0 Å². The normalized spacial score (nSPS) is 16.6. The molecule has 0 saturated carbocycles. The molecule has 1 aromatic carbocycles. The van der Waals surface area contributed by atoms with Gasteiger partial charge in [-0.2, -0.15) is 13.2 Å². The summed E-state index contributed by atoms with van der Waals surface area (Å²) in [5, 5.41) is 10.1. The topological polar surface area (TPSA) is 130 Å².